The maximum absolute atomic E-state index is 12.0. The highest BCUT2D eigenvalue weighted by Gasteiger charge is 2.35. The molecule has 2 atom stereocenters. The minimum Gasteiger partial charge on any atom is -0.481 e. The summed E-state index contributed by atoms with van der Waals surface area (Å²) in [5, 5.41) is 12.0. The molecule has 2 unspecified atom stereocenters. The molecule has 1 fully saturated rings. The molecule has 6 nitrogen and oxygen atoms in total. The van der Waals surface area contributed by atoms with E-state index in [4.69, 9.17) is 14.6 Å². The summed E-state index contributed by atoms with van der Waals surface area (Å²) >= 11 is 0. The molecule has 0 saturated heterocycles. The smallest absolute Gasteiger partial charge is 0.307 e. The highest BCUT2D eigenvalue weighted by Crippen LogP contribution is 2.30. The van der Waals surface area contributed by atoms with E-state index in [-0.39, 0.29) is 11.8 Å². The minimum atomic E-state index is -0.854. The first-order chi connectivity index (χ1) is 9.66. The SMILES string of the molecule is COCCOCCCNC(=O)C1CCCCC1C(=O)O. The van der Waals surface area contributed by atoms with E-state index in [2.05, 4.69) is 5.32 Å². The molecular weight excluding hydrogens is 262 g/mol. The predicted octanol–water partition coefficient (Wildman–Crippen LogP) is 1.05. The number of carboxylic acids is 1. The number of hydrogen-bond donors (Lipinski definition) is 2. The van der Waals surface area contributed by atoms with Crippen LogP contribution in [-0.2, 0) is 19.1 Å². The van der Waals surface area contributed by atoms with Crippen LogP contribution in [0.4, 0.5) is 0 Å². The van der Waals surface area contributed by atoms with Crippen molar-refractivity contribution in [3.63, 3.8) is 0 Å². The van der Waals surface area contributed by atoms with Crippen LogP contribution in [0.15, 0.2) is 0 Å². The molecule has 1 saturated carbocycles. The number of ether oxygens (including phenoxy) is 2. The predicted molar refractivity (Wildman–Crippen MR) is 73.4 cm³/mol. The summed E-state index contributed by atoms with van der Waals surface area (Å²) in [5.74, 6) is -1.89. The molecule has 0 aliphatic heterocycles. The van der Waals surface area contributed by atoms with Crippen molar-refractivity contribution in [1.29, 1.82) is 0 Å². The first-order valence-electron chi connectivity index (χ1n) is 7.24. The van der Waals surface area contributed by atoms with Crippen molar-refractivity contribution >= 4 is 11.9 Å². The number of aliphatic carboxylic acids is 1. The number of amides is 1. The Balaban J connectivity index is 2.19. The molecule has 1 aliphatic carbocycles. The molecule has 6 heteroatoms. The van der Waals surface area contributed by atoms with Gasteiger partial charge in [0.05, 0.1) is 25.0 Å². The van der Waals surface area contributed by atoms with E-state index in [1.54, 1.807) is 7.11 Å². The van der Waals surface area contributed by atoms with Gasteiger partial charge in [0, 0.05) is 20.3 Å². The lowest BCUT2D eigenvalue weighted by Crippen LogP contribution is -2.40. The van der Waals surface area contributed by atoms with Crippen molar-refractivity contribution in [2.24, 2.45) is 11.8 Å². The van der Waals surface area contributed by atoms with Gasteiger partial charge in [0.25, 0.3) is 0 Å². The van der Waals surface area contributed by atoms with Crippen LogP contribution < -0.4 is 5.32 Å². The largest absolute Gasteiger partial charge is 0.481 e. The van der Waals surface area contributed by atoms with Gasteiger partial charge in [-0.15, -0.1) is 0 Å². The van der Waals surface area contributed by atoms with Gasteiger partial charge in [0.2, 0.25) is 5.91 Å². The molecule has 0 aromatic rings. The van der Waals surface area contributed by atoms with Crippen molar-refractivity contribution in [2.45, 2.75) is 32.1 Å². The summed E-state index contributed by atoms with van der Waals surface area (Å²) in [7, 11) is 1.62. The first-order valence-corrected chi connectivity index (χ1v) is 7.24. The third-order valence-corrected chi connectivity index (χ3v) is 3.62. The zero-order chi connectivity index (χ0) is 14.8. The van der Waals surface area contributed by atoms with Gasteiger partial charge in [-0.1, -0.05) is 12.8 Å². The molecule has 2 N–H and O–H groups in total. The monoisotopic (exact) mass is 287 g/mol. The Morgan fingerprint density at radius 2 is 1.85 bits per heavy atom. The van der Waals surface area contributed by atoms with Gasteiger partial charge in [-0.05, 0) is 19.3 Å². The zero-order valence-corrected chi connectivity index (χ0v) is 12.1. The second kappa shape index (κ2) is 9.72. The fourth-order valence-electron chi connectivity index (χ4n) is 2.50. The van der Waals surface area contributed by atoms with Crippen molar-refractivity contribution in [2.75, 3.05) is 33.5 Å². The molecule has 0 bridgehead atoms. The van der Waals surface area contributed by atoms with Gasteiger partial charge < -0.3 is 19.9 Å². The standard InChI is InChI=1S/C14H25NO5/c1-19-9-10-20-8-4-7-15-13(16)11-5-2-3-6-12(11)14(17)18/h11-12H,2-10H2,1H3,(H,15,16)(H,17,18). The molecule has 0 radical (unpaired) electrons. The van der Waals surface area contributed by atoms with Crippen molar-refractivity contribution in [3.05, 3.63) is 0 Å². The molecule has 0 spiro atoms. The number of carbonyl (C=O) groups is 2. The molecule has 1 rings (SSSR count). The zero-order valence-electron chi connectivity index (χ0n) is 12.1. The molecule has 1 aliphatic rings. The number of nitrogens with one attached hydrogen (secondary N) is 1. The van der Waals surface area contributed by atoms with E-state index >= 15 is 0 Å². The lowest BCUT2D eigenvalue weighted by Gasteiger charge is -2.27. The Kier molecular flexibility index (Phi) is 8.22. The lowest BCUT2D eigenvalue weighted by atomic mass is 9.79. The number of rotatable bonds is 9. The molecule has 20 heavy (non-hydrogen) atoms. The quantitative estimate of drug-likeness (QED) is 0.619. The Labute approximate surface area is 119 Å². The van der Waals surface area contributed by atoms with Crippen LogP contribution in [0.3, 0.4) is 0 Å². The molecule has 116 valence electrons. The third-order valence-electron chi connectivity index (χ3n) is 3.62. The van der Waals surface area contributed by atoms with E-state index in [9.17, 15) is 9.59 Å². The third kappa shape index (κ3) is 5.88. The van der Waals surface area contributed by atoms with Gasteiger partial charge in [-0.2, -0.15) is 0 Å². The van der Waals surface area contributed by atoms with Crippen LogP contribution in [0.25, 0.3) is 0 Å². The van der Waals surface area contributed by atoms with Gasteiger partial charge in [0.1, 0.15) is 0 Å². The average molecular weight is 287 g/mol. The van der Waals surface area contributed by atoms with E-state index < -0.39 is 11.9 Å². The average Bonchev–Trinajstić information content (AvgIpc) is 2.46. The minimum absolute atomic E-state index is 0.131. The van der Waals surface area contributed by atoms with Gasteiger partial charge in [-0.25, -0.2) is 0 Å². The van der Waals surface area contributed by atoms with Crippen molar-refractivity contribution < 1.29 is 24.2 Å². The van der Waals surface area contributed by atoms with Gasteiger partial charge in [0.15, 0.2) is 0 Å². The van der Waals surface area contributed by atoms with Crippen LogP contribution >= 0.6 is 0 Å². The number of carboxylic acid groups (broad SMARTS) is 1. The molecular formula is C14H25NO5. The molecule has 0 aromatic heterocycles. The second-order valence-corrected chi connectivity index (χ2v) is 5.09. The summed E-state index contributed by atoms with van der Waals surface area (Å²) in [5.41, 5.74) is 0. The Morgan fingerprint density at radius 1 is 1.15 bits per heavy atom. The topological polar surface area (TPSA) is 84.9 Å². The Morgan fingerprint density at radius 3 is 2.50 bits per heavy atom. The fraction of sp³-hybridized carbons (Fsp3) is 0.857. The Hall–Kier alpha value is -1.14. The molecule has 0 aromatic carbocycles. The summed E-state index contributed by atoms with van der Waals surface area (Å²) < 4.78 is 10.1. The highest BCUT2D eigenvalue weighted by atomic mass is 16.5. The van der Waals surface area contributed by atoms with Crippen molar-refractivity contribution in [3.8, 4) is 0 Å². The number of methoxy groups -OCH3 is 1. The van der Waals surface area contributed by atoms with Crippen LogP contribution in [0.1, 0.15) is 32.1 Å². The van der Waals surface area contributed by atoms with Gasteiger partial charge >= 0.3 is 5.97 Å². The van der Waals surface area contributed by atoms with Crippen LogP contribution in [-0.4, -0.2) is 50.5 Å². The number of carbonyl (C=O) groups excluding carboxylic acids is 1. The van der Waals surface area contributed by atoms with Crippen LogP contribution in [0.2, 0.25) is 0 Å². The fourth-order valence-corrected chi connectivity index (χ4v) is 2.50. The van der Waals surface area contributed by atoms with Gasteiger partial charge in [-0.3, -0.25) is 9.59 Å². The normalized spacial score (nSPS) is 22.4. The summed E-state index contributed by atoms with van der Waals surface area (Å²) in [4.78, 5) is 23.1. The van der Waals surface area contributed by atoms with Crippen LogP contribution in [0, 0.1) is 11.8 Å². The molecule has 1 amide bonds. The highest BCUT2D eigenvalue weighted by molar-refractivity contribution is 5.84. The van der Waals surface area contributed by atoms with E-state index in [0.717, 1.165) is 19.3 Å². The van der Waals surface area contributed by atoms with E-state index in [1.807, 2.05) is 0 Å². The summed E-state index contributed by atoms with van der Waals surface area (Å²) in [6.45, 7) is 2.20. The maximum atomic E-state index is 12.0. The van der Waals surface area contributed by atoms with Crippen LogP contribution in [0.5, 0.6) is 0 Å². The number of hydrogen-bond acceptors (Lipinski definition) is 4. The van der Waals surface area contributed by atoms with E-state index in [0.29, 0.717) is 39.2 Å². The molecule has 0 heterocycles. The summed E-state index contributed by atoms with van der Waals surface area (Å²) in [6, 6.07) is 0. The first kappa shape index (κ1) is 16.9. The van der Waals surface area contributed by atoms with Crippen molar-refractivity contribution in [1.82, 2.24) is 5.32 Å². The second-order valence-electron chi connectivity index (χ2n) is 5.09. The Bertz CT molecular complexity index is 308. The van der Waals surface area contributed by atoms with E-state index in [1.165, 1.54) is 0 Å². The maximum Gasteiger partial charge on any atom is 0.307 e. The summed E-state index contributed by atoms with van der Waals surface area (Å²) in [6.07, 6.45) is 3.83. The lowest BCUT2D eigenvalue weighted by molar-refractivity contribution is -0.148.